The van der Waals surface area contributed by atoms with Crippen molar-refractivity contribution >= 4 is 16.8 Å². The Labute approximate surface area is 188 Å². The van der Waals surface area contributed by atoms with Crippen LogP contribution in [-0.2, 0) is 11.5 Å². The summed E-state index contributed by atoms with van der Waals surface area (Å²) in [5, 5.41) is 8.26. The van der Waals surface area contributed by atoms with Crippen LogP contribution >= 0.6 is 0 Å². The molecule has 5 nitrogen and oxygen atoms in total. The lowest BCUT2D eigenvalue weighted by Crippen LogP contribution is -2.22. The molecule has 31 heavy (non-hydrogen) atoms. The Morgan fingerprint density at radius 2 is 1.65 bits per heavy atom. The van der Waals surface area contributed by atoms with E-state index in [0.717, 1.165) is 23.9 Å². The molecule has 0 saturated heterocycles. The molecule has 1 heterocycles. The third-order valence-corrected chi connectivity index (χ3v) is 5.67. The summed E-state index contributed by atoms with van der Waals surface area (Å²) < 4.78 is 7.66. The van der Waals surface area contributed by atoms with E-state index in [1.165, 1.54) is 57.8 Å². The molecule has 0 radical (unpaired) electrons. The number of fused-ring (bicyclic) bond motifs is 1. The topological polar surface area (TPSA) is 56.2 Å². The lowest BCUT2D eigenvalue weighted by atomic mass is 9.89. The zero-order valence-corrected chi connectivity index (χ0v) is 20.2. The van der Waals surface area contributed by atoms with Crippen LogP contribution in [0.25, 0.3) is 10.9 Å². The predicted octanol–water partition coefficient (Wildman–Crippen LogP) is 6.71. The van der Waals surface area contributed by atoms with Gasteiger partial charge in [0.25, 0.3) is 5.91 Å². The first-order valence-corrected chi connectivity index (χ1v) is 12.2. The van der Waals surface area contributed by atoms with Crippen molar-refractivity contribution in [2.24, 2.45) is 5.41 Å². The average Bonchev–Trinajstić information content (AvgIpc) is 3.13. The highest BCUT2D eigenvalue weighted by Gasteiger charge is 2.09. The van der Waals surface area contributed by atoms with Crippen LogP contribution in [0.15, 0.2) is 24.4 Å². The minimum absolute atomic E-state index is 0.0528. The maximum absolute atomic E-state index is 12.1. The van der Waals surface area contributed by atoms with Gasteiger partial charge >= 0.3 is 0 Å². The summed E-state index contributed by atoms with van der Waals surface area (Å²) in [6.45, 7) is 10.7. The first-order chi connectivity index (χ1) is 14.9. The highest BCUT2D eigenvalue weighted by molar-refractivity contribution is 5.97. The SMILES string of the molecule is CCNC(=O)c1ccc2cnn(COCCCCCCCCCCCC(C)(C)C)c2c1. The Balaban J connectivity index is 1.54. The summed E-state index contributed by atoms with van der Waals surface area (Å²) in [5.41, 5.74) is 2.08. The predicted molar refractivity (Wildman–Crippen MR) is 129 cm³/mol. The quantitative estimate of drug-likeness (QED) is 0.320. The van der Waals surface area contributed by atoms with Crippen molar-refractivity contribution in [1.82, 2.24) is 15.1 Å². The largest absolute Gasteiger partial charge is 0.359 e. The van der Waals surface area contributed by atoms with Crippen LogP contribution in [0.4, 0.5) is 0 Å². The zero-order valence-electron chi connectivity index (χ0n) is 20.2. The van der Waals surface area contributed by atoms with Crippen LogP contribution in [0.1, 0.15) is 102 Å². The molecule has 1 N–H and O–H groups in total. The van der Waals surface area contributed by atoms with E-state index in [9.17, 15) is 4.79 Å². The molecule has 0 spiro atoms. The minimum Gasteiger partial charge on any atom is -0.359 e. The van der Waals surface area contributed by atoms with Gasteiger partial charge in [-0.2, -0.15) is 5.10 Å². The monoisotopic (exact) mass is 429 g/mol. The number of benzene rings is 1. The number of amides is 1. The molecule has 1 aromatic heterocycles. The summed E-state index contributed by atoms with van der Waals surface area (Å²) in [4.78, 5) is 12.1. The third kappa shape index (κ3) is 9.86. The Hall–Kier alpha value is -1.88. The first kappa shape index (κ1) is 25.4. The molecule has 2 aromatic rings. The molecular formula is C26H43N3O2. The Kier molecular flexibility index (Phi) is 11.1. The molecule has 0 atom stereocenters. The van der Waals surface area contributed by atoms with Crippen molar-refractivity contribution in [3.63, 3.8) is 0 Å². The number of carbonyl (C=O) groups excluding carboxylic acids is 1. The second-order valence-corrected chi connectivity index (χ2v) is 9.81. The van der Waals surface area contributed by atoms with E-state index in [4.69, 9.17) is 4.74 Å². The van der Waals surface area contributed by atoms with Crippen molar-refractivity contribution in [1.29, 1.82) is 0 Å². The molecule has 5 heteroatoms. The molecular weight excluding hydrogens is 386 g/mol. The fourth-order valence-corrected chi connectivity index (χ4v) is 3.83. The average molecular weight is 430 g/mol. The number of carbonyl (C=O) groups is 1. The van der Waals surface area contributed by atoms with Gasteiger partial charge in [-0.15, -0.1) is 0 Å². The van der Waals surface area contributed by atoms with E-state index in [2.05, 4.69) is 31.2 Å². The van der Waals surface area contributed by atoms with E-state index in [-0.39, 0.29) is 5.91 Å². The Bertz CT molecular complexity index is 777. The van der Waals surface area contributed by atoms with Crippen molar-refractivity contribution in [2.75, 3.05) is 13.2 Å². The van der Waals surface area contributed by atoms with Crippen LogP contribution in [0.5, 0.6) is 0 Å². The van der Waals surface area contributed by atoms with Crippen LogP contribution < -0.4 is 5.32 Å². The summed E-state index contributed by atoms with van der Waals surface area (Å²) in [5.74, 6) is -0.0528. The molecule has 0 aliphatic rings. The summed E-state index contributed by atoms with van der Waals surface area (Å²) in [7, 11) is 0. The molecule has 174 valence electrons. The third-order valence-electron chi connectivity index (χ3n) is 5.67. The van der Waals surface area contributed by atoms with Gasteiger partial charge in [0.05, 0.1) is 11.7 Å². The molecule has 0 unspecified atom stereocenters. The first-order valence-electron chi connectivity index (χ1n) is 12.2. The number of nitrogens with one attached hydrogen (secondary N) is 1. The molecule has 1 aromatic carbocycles. The Morgan fingerprint density at radius 1 is 1.00 bits per heavy atom. The second-order valence-electron chi connectivity index (χ2n) is 9.81. The summed E-state index contributed by atoms with van der Waals surface area (Å²) in [6.07, 6.45) is 15.0. The lowest BCUT2D eigenvalue weighted by Gasteiger charge is -2.17. The number of rotatable bonds is 15. The number of aromatic nitrogens is 2. The van der Waals surface area contributed by atoms with Gasteiger partial charge in [0.15, 0.2) is 0 Å². The highest BCUT2D eigenvalue weighted by atomic mass is 16.5. The molecule has 0 saturated carbocycles. The fourth-order valence-electron chi connectivity index (χ4n) is 3.83. The normalized spacial score (nSPS) is 11.9. The molecule has 0 fully saturated rings. The standard InChI is InChI=1S/C26H43N3O2/c1-5-27-25(30)22-15-16-23-20-28-29(24(23)19-22)21-31-18-14-12-10-8-6-7-9-11-13-17-26(2,3)4/h15-16,19-20H,5-14,17-18,21H2,1-4H3,(H,27,30). The van der Waals surface area contributed by atoms with Gasteiger partial charge in [-0.1, -0.05) is 78.2 Å². The summed E-state index contributed by atoms with van der Waals surface area (Å²) >= 11 is 0. The van der Waals surface area contributed by atoms with E-state index in [1.54, 1.807) is 0 Å². The number of unbranched alkanes of at least 4 members (excludes halogenated alkanes) is 8. The van der Waals surface area contributed by atoms with Crippen molar-refractivity contribution < 1.29 is 9.53 Å². The maximum atomic E-state index is 12.1. The minimum atomic E-state index is -0.0528. The number of ether oxygens (including phenoxy) is 1. The van der Waals surface area contributed by atoms with Gasteiger partial charge in [0.2, 0.25) is 0 Å². The van der Waals surface area contributed by atoms with Gasteiger partial charge in [0.1, 0.15) is 6.73 Å². The van der Waals surface area contributed by atoms with Gasteiger partial charge in [-0.25, -0.2) is 4.68 Å². The fraction of sp³-hybridized carbons (Fsp3) is 0.692. The Morgan fingerprint density at radius 3 is 2.29 bits per heavy atom. The van der Waals surface area contributed by atoms with Gasteiger partial charge < -0.3 is 10.1 Å². The molecule has 2 rings (SSSR count). The smallest absolute Gasteiger partial charge is 0.251 e. The van der Waals surface area contributed by atoms with E-state index >= 15 is 0 Å². The number of hydrogen-bond donors (Lipinski definition) is 1. The van der Waals surface area contributed by atoms with Gasteiger partial charge in [-0.05, 0) is 37.3 Å². The maximum Gasteiger partial charge on any atom is 0.251 e. The van der Waals surface area contributed by atoms with E-state index < -0.39 is 0 Å². The molecule has 0 bridgehead atoms. The highest BCUT2D eigenvalue weighted by Crippen LogP contribution is 2.22. The van der Waals surface area contributed by atoms with E-state index in [1.807, 2.05) is 36.0 Å². The van der Waals surface area contributed by atoms with Gasteiger partial charge in [0, 0.05) is 24.1 Å². The van der Waals surface area contributed by atoms with Crippen molar-refractivity contribution in [3.8, 4) is 0 Å². The molecule has 1 amide bonds. The second kappa shape index (κ2) is 13.5. The van der Waals surface area contributed by atoms with Gasteiger partial charge in [-0.3, -0.25) is 4.79 Å². The molecule has 0 aliphatic heterocycles. The zero-order chi connectivity index (χ0) is 22.5. The van der Waals surface area contributed by atoms with Crippen molar-refractivity contribution in [3.05, 3.63) is 30.0 Å². The molecule has 0 aliphatic carbocycles. The van der Waals surface area contributed by atoms with E-state index in [0.29, 0.717) is 24.3 Å². The number of hydrogen-bond acceptors (Lipinski definition) is 3. The lowest BCUT2D eigenvalue weighted by molar-refractivity contribution is 0.0687. The van der Waals surface area contributed by atoms with Crippen molar-refractivity contribution in [2.45, 2.75) is 98.6 Å². The van der Waals surface area contributed by atoms with Crippen LogP contribution in [0.2, 0.25) is 0 Å². The van der Waals surface area contributed by atoms with Crippen LogP contribution in [-0.4, -0.2) is 28.8 Å². The summed E-state index contributed by atoms with van der Waals surface area (Å²) in [6, 6.07) is 5.67. The van der Waals surface area contributed by atoms with Crippen LogP contribution in [0.3, 0.4) is 0 Å². The van der Waals surface area contributed by atoms with Crippen LogP contribution in [0, 0.1) is 5.41 Å². The number of nitrogens with zero attached hydrogens (tertiary/aromatic N) is 2.